The molecule has 1 N–H and O–H groups in total. The van der Waals surface area contributed by atoms with Gasteiger partial charge in [0.25, 0.3) is 0 Å². The average molecular weight is 269 g/mol. The highest BCUT2D eigenvalue weighted by molar-refractivity contribution is 6.30. The fourth-order valence-electron chi connectivity index (χ4n) is 1.33. The van der Waals surface area contributed by atoms with Crippen molar-refractivity contribution < 1.29 is 19.2 Å². The summed E-state index contributed by atoms with van der Waals surface area (Å²) in [6.07, 6.45) is 0. The molecule has 1 heterocycles. The van der Waals surface area contributed by atoms with Gasteiger partial charge >= 0.3 is 5.97 Å². The smallest absolute Gasteiger partial charge is 0.339 e. The van der Waals surface area contributed by atoms with E-state index in [0.29, 0.717) is 16.7 Å². The first-order chi connectivity index (χ1) is 8.56. The first-order valence-corrected chi connectivity index (χ1v) is 5.39. The number of halogens is 1. The second kappa shape index (κ2) is 5.05. The van der Waals surface area contributed by atoms with Crippen LogP contribution in [0.1, 0.15) is 22.1 Å². The topological polar surface area (TPSA) is 85.5 Å². The zero-order chi connectivity index (χ0) is 13.1. The summed E-state index contributed by atoms with van der Waals surface area (Å²) in [5.74, 6) is -0.176. The zero-order valence-electron chi connectivity index (χ0n) is 9.38. The van der Waals surface area contributed by atoms with Gasteiger partial charge in [-0.15, -0.1) is 0 Å². The van der Waals surface area contributed by atoms with Crippen LogP contribution in [0.2, 0.25) is 5.02 Å². The number of carboxylic acid groups (broad SMARTS) is 1. The summed E-state index contributed by atoms with van der Waals surface area (Å²) in [4.78, 5) is 14.9. The minimum Gasteiger partial charge on any atom is -0.485 e. The van der Waals surface area contributed by atoms with Gasteiger partial charge in [-0.25, -0.2) is 4.79 Å². The summed E-state index contributed by atoms with van der Waals surface area (Å²) in [6, 6.07) is 4.29. The first kappa shape index (κ1) is 12.4. The number of aromatic nitrogens is 2. The molecule has 0 atom stereocenters. The number of rotatable bonds is 4. The molecule has 18 heavy (non-hydrogen) atoms. The maximum Gasteiger partial charge on any atom is 0.339 e. The van der Waals surface area contributed by atoms with Crippen LogP contribution in [0.15, 0.2) is 22.7 Å². The Morgan fingerprint density at radius 2 is 2.33 bits per heavy atom. The number of hydrogen-bond acceptors (Lipinski definition) is 5. The van der Waals surface area contributed by atoms with Crippen LogP contribution in [0.4, 0.5) is 0 Å². The van der Waals surface area contributed by atoms with Gasteiger partial charge in [-0.1, -0.05) is 16.8 Å². The highest BCUT2D eigenvalue weighted by Crippen LogP contribution is 2.24. The Bertz CT molecular complexity index is 582. The van der Waals surface area contributed by atoms with Gasteiger partial charge in [0.15, 0.2) is 6.61 Å². The molecule has 0 saturated carbocycles. The molecular weight excluding hydrogens is 260 g/mol. The monoisotopic (exact) mass is 268 g/mol. The highest BCUT2D eigenvalue weighted by atomic mass is 35.5. The Hall–Kier alpha value is -2.08. The Balaban J connectivity index is 2.17. The number of aromatic carboxylic acids is 1. The molecule has 94 valence electrons. The van der Waals surface area contributed by atoms with Crippen molar-refractivity contribution in [1.82, 2.24) is 10.1 Å². The van der Waals surface area contributed by atoms with Crippen LogP contribution in [0, 0.1) is 6.92 Å². The van der Waals surface area contributed by atoms with Gasteiger partial charge in [-0.2, -0.15) is 4.98 Å². The van der Waals surface area contributed by atoms with E-state index in [1.165, 1.54) is 18.2 Å². The van der Waals surface area contributed by atoms with Crippen molar-refractivity contribution in [1.29, 1.82) is 0 Å². The molecule has 1 aromatic heterocycles. The summed E-state index contributed by atoms with van der Waals surface area (Å²) < 4.78 is 10.1. The number of hydrogen-bond donors (Lipinski definition) is 1. The molecule has 1 aromatic carbocycles. The van der Waals surface area contributed by atoms with Crippen molar-refractivity contribution in [2.75, 3.05) is 0 Å². The van der Waals surface area contributed by atoms with Gasteiger partial charge in [0.05, 0.1) is 0 Å². The fraction of sp³-hybridized carbons (Fsp3) is 0.182. The predicted octanol–water partition coefficient (Wildman–Crippen LogP) is 2.31. The third-order valence-corrected chi connectivity index (χ3v) is 2.34. The third kappa shape index (κ3) is 2.78. The predicted molar refractivity (Wildman–Crippen MR) is 61.8 cm³/mol. The van der Waals surface area contributed by atoms with Crippen LogP contribution in [0.5, 0.6) is 5.75 Å². The van der Waals surface area contributed by atoms with Crippen LogP contribution < -0.4 is 4.74 Å². The molecule has 7 heteroatoms. The van der Waals surface area contributed by atoms with E-state index in [0.717, 1.165) is 0 Å². The Kier molecular flexibility index (Phi) is 3.47. The van der Waals surface area contributed by atoms with E-state index < -0.39 is 5.97 Å². The second-order valence-corrected chi connectivity index (χ2v) is 3.90. The lowest BCUT2D eigenvalue weighted by molar-refractivity contribution is 0.0691. The third-order valence-electron chi connectivity index (χ3n) is 2.10. The number of ether oxygens (including phenoxy) is 1. The van der Waals surface area contributed by atoms with Crippen LogP contribution in [0.3, 0.4) is 0 Å². The number of carboxylic acids is 1. The quantitative estimate of drug-likeness (QED) is 0.916. The molecule has 0 unspecified atom stereocenters. The molecule has 0 fully saturated rings. The van der Waals surface area contributed by atoms with Gasteiger partial charge in [0, 0.05) is 11.9 Å². The molecular formula is C11H9ClN2O4. The summed E-state index contributed by atoms with van der Waals surface area (Å²) in [5, 5.41) is 13.0. The molecule has 0 aliphatic carbocycles. The number of benzene rings is 1. The van der Waals surface area contributed by atoms with Gasteiger partial charge < -0.3 is 14.4 Å². The van der Waals surface area contributed by atoms with Gasteiger partial charge in [-0.05, 0) is 18.2 Å². The number of carbonyl (C=O) groups is 1. The van der Waals surface area contributed by atoms with Crippen LogP contribution >= 0.6 is 11.6 Å². The van der Waals surface area contributed by atoms with Gasteiger partial charge in [0.2, 0.25) is 11.7 Å². The average Bonchev–Trinajstić information content (AvgIpc) is 2.72. The van der Waals surface area contributed by atoms with Crippen molar-refractivity contribution in [2.45, 2.75) is 13.5 Å². The lowest BCUT2D eigenvalue weighted by Gasteiger charge is -2.07. The lowest BCUT2D eigenvalue weighted by atomic mass is 10.2. The molecule has 0 saturated heterocycles. The minimum atomic E-state index is -1.09. The number of nitrogens with zero attached hydrogens (tertiary/aromatic N) is 2. The SMILES string of the molecule is Cc1nc(COc2cc(Cl)ccc2C(=O)O)no1. The number of aryl methyl sites for hydroxylation is 1. The van der Waals surface area contributed by atoms with E-state index in [1.54, 1.807) is 6.92 Å². The minimum absolute atomic E-state index is 0.0119. The standard InChI is InChI=1S/C11H9ClN2O4/c1-6-13-10(14-18-6)5-17-9-4-7(12)2-3-8(9)11(15)16/h2-4H,5H2,1H3,(H,15,16). The van der Waals surface area contributed by atoms with Crippen LogP contribution in [0.25, 0.3) is 0 Å². The van der Waals surface area contributed by atoms with E-state index >= 15 is 0 Å². The van der Waals surface area contributed by atoms with E-state index in [2.05, 4.69) is 10.1 Å². The molecule has 6 nitrogen and oxygen atoms in total. The van der Waals surface area contributed by atoms with Crippen molar-refractivity contribution in [3.63, 3.8) is 0 Å². The molecule has 0 bridgehead atoms. The van der Waals surface area contributed by atoms with E-state index in [9.17, 15) is 4.79 Å². The summed E-state index contributed by atoms with van der Waals surface area (Å²) >= 11 is 5.78. The molecule has 2 aromatic rings. The summed E-state index contributed by atoms with van der Waals surface area (Å²) in [6.45, 7) is 1.66. The Labute approximate surface area is 107 Å². The van der Waals surface area contributed by atoms with Crippen LogP contribution in [-0.4, -0.2) is 21.2 Å². The normalized spacial score (nSPS) is 10.3. The van der Waals surface area contributed by atoms with E-state index in [4.69, 9.17) is 26.0 Å². The second-order valence-electron chi connectivity index (χ2n) is 3.46. The molecule has 0 radical (unpaired) electrons. The fourth-order valence-corrected chi connectivity index (χ4v) is 1.50. The summed E-state index contributed by atoms with van der Waals surface area (Å²) in [7, 11) is 0. The van der Waals surface area contributed by atoms with Crippen molar-refractivity contribution >= 4 is 17.6 Å². The van der Waals surface area contributed by atoms with Gasteiger partial charge in [-0.3, -0.25) is 0 Å². The molecule has 0 amide bonds. The lowest BCUT2D eigenvalue weighted by Crippen LogP contribution is -2.04. The van der Waals surface area contributed by atoms with Crippen LogP contribution in [-0.2, 0) is 6.61 Å². The van der Waals surface area contributed by atoms with E-state index in [1.807, 2.05) is 0 Å². The Morgan fingerprint density at radius 3 is 2.94 bits per heavy atom. The summed E-state index contributed by atoms with van der Waals surface area (Å²) in [5.41, 5.74) is 0.0274. The molecule has 0 aliphatic heterocycles. The molecule has 0 spiro atoms. The van der Waals surface area contributed by atoms with E-state index in [-0.39, 0.29) is 17.9 Å². The molecule has 0 aliphatic rings. The Morgan fingerprint density at radius 1 is 1.56 bits per heavy atom. The largest absolute Gasteiger partial charge is 0.485 e. The van der Waals surface area contributed by atoms with Crippen molar-refractivity contribution in [2.24, 2.45) is 0 Å². The first-order valence-electron chi connectivity index (χ1n) is 5.01. The van der Waals surface area contributed by atoms with Crippen molar-refractivity contribution in [3.8, 4) is 5.75 Å². The zero-order valence-corrected chi connectivity index (χ0v) is 10.1. The molecule has 2 rings (SSSR count). The van der Waals surface area contributed by atoms with Gasteiger partial charge in [0.1, 0.15) is 11.3 Å². The van der Waals surface area contributed by atoms with Crippen molar-refractivity contribution in [3.05, 3.63) is 40.5 Å². The maximum absolute atomic E-state index is 11.0. The maximum atomic E-state index is 11.0. The highest BCUT2D eigenvalue weighted by Gasteiger charge is 2.13.